The van der Waals surface area contributed by atoms with Crippen LogP contribution in [0.15, 0.2) is 0 Å². The first-order chi connectivity index (χ1) is 12.6. The highest BCUT2D eigenvalue weighted by Gasteiger charge is 2.40. The number of hydrogen-bond acceptors (Lipinski definition) is 2. The van der Waals surface area contributed by atoms with Crippen molar-refractivity contribution in [1.29, 1.82) is 0 Å². The van der Waals surface area contributed by atoms with E-state index in [0.29, 0.717) is 16.9 Å². The molecule has 28 heavy (non-hydrogen) atoms. The molecule has 0 spiro atoms. The molecule has 0 aromatic rings. The molecule has 2 fully saturated rings. The maximum Gasteiger partial charge on any atom is 0.0750 e. The molecule has 0 aromatic heterocycles. The Morgan fingerprint density at radius 2 is 1.39 bits per heavy atom. The van der Waals surface area contributed by atoms with Gasteiger partial charge in [-0.2, -0.15) is 0 Å². The largest absolute Gasteiger partial charge is 0.375 e. The van der Waals surface area contributed by atoms with Gasteiger partial charge in [0.05, 0.1) is 12.7 Å². The minimum absolute atomic E-state index is 0.220. The predicted molar refractivity (Wildman–Crippen MR) is 123 cm³/mol. The maximum atomic E-state index is 6.11. The minimum atomic E-state index is 0.220. The van der Waals surface area contributed by atoms with E-state index >= 15 is 0 Å². The van der Waals surface area contributed by atoms with Gasteiger partial charge in [-0.15, -0.1) is 0 Å². The van der Waals surface area contributed by atoms with Crippen LogP contribution in [0.3, 0.4) is 0 Å². The normalized spacial score (nSPS) is 29.1. The number of morpholine rings is 1. The molecule has 3 unspecified atom stereocenters. The predicted octanol–water partition coefficient (Wildman–Crippen LogP) is 7.17. The molecule has 166 valence electrons. The summed E-state index contributed by atoms with van der Waals surface area (Å²) in [6.45, 7) is 27.3. The zero-order valence-electron chi connectivity index (χ0n) is 21.0. The summed E-state index contributed by atoms with van der Waals surface area (Å²) in [5.41, 5.74) is 1.38. The Kier molecular flexibility index (Phi) is 7.41. The number of hydrogen-bond donors (Lipinski definition) is 0. The molecule has 2 heteroatoms. The molecule has 1 aliphatic carbocycles. The van der Waals surface area contributed by atoms with Crippen molar-refractivity contribution in [3.8, 4) is 0 Å². The zero-order chi connectivity index (χ0) is 21.4. The zero-order valence-corrected chi connectivity index (χ0v) is 21.0. The van der Waals surface area contributed by atoms with Crippen molar-refractivity contribution in [1.82, 2.24) is 4.90 Å². The van der Waals surface area contributed by atoms with Crippen molar-refractivity contribution < 1.29 is 4.74 Å². The molecule has 1 saturated heterocycles. The van der Waals surface area contributed by atoms with Crippen LogP contribution >= 0.6 is 0 Å². The van der Waals surface area contributed by atoms with Crippen LogP contribution in [0.25, 0.3) is 0 Å². The highest BCUT2D eigenvalue weighted by molar-refractivity contribution is 4.93. The van der Waals surface area contributed by atoms with Crippen LogP contribution in [0.4, 0.5) is 0 Å². The fourth-order valence-corrected chi connectivity index (χ4v) is 5.40. The van der Waals surface area contributed by atoms with Crippen LogP contribution in [-0.2, 0) is 4.74 Å². The summed E-state index contributed by atoms with van der Waals surface area (Å²) < 4.78 is 6.11. The van der Waals surface area contributed by atoms with Gasteiger partial charge in [0.1, 0.15) is 0 Å². The lowest BCUT2D eigenvalue weighted by atomic mass is 9.61. The van der Waals surface area contributed by atoms with E-state index in [0.717, 1.165) is 31.5 Å². The molecule has 2 aliphatic rings. The van der Waals surface area contributed by atoms with Gasteiger partial charge < -0.3 is 4.74 Å². The summed E-state index contributed by atoms with van der Waals surface area (Å²) in [5.74, 6) is 1.78. The van der Waals surface area contributed by atoms with Gasteiger partial charge in [0.25, 0.3) is 0 Å². The van der Waals surface area contributed by atoms with Crippen molar-refractivity contribution >= 4 is 0 Å². The molecular formula is C26H51NO. The third kappa shape index (κ3) is 6.21. The molecule has 1 heterocycles. The second-order valence-electron chi connectivity index (χ2n) is 13.4. The van der Waals surface area contributed by atoms with Gasteiger partial charge >= 0.3 is 0 Å². The lowest BCUT2D eigenvalue weighted by Gasteiger charge is -2.49. The Labute approximate surface area is 177 Å². The topological polar surface area (TPSA) is 12.5 Å². The van der Waals surface area contributed by atoms with Crippen molar-refractivity contribution in [2.45, 2.75) is 119 Å². The van der Waals surface area contributed by atoms with Gasteiger partial charge in [0.2, 0.25) is 0 Å². The first-order valence-electron chi connectivity index (χ1n) is 12.0. The highest BCUT2D eigenvalue weighted by atomic mass is 16.5. The van der Waals surface area contributed by atoms with Gasteiger partial charge in [0.15, 0.2) is 0 Å². The van der Waals surface area contributed by atoms with E-state index in [-0.39, 0.29) is 11.0 Å². The SMILES string of the molecule is CC(C)(C)C1CCCC(C(C)(C)CCC(C)(C)N2CCOC(C(C)(C)C)C2)C1. The molecule has 1 saturated carbocycles. The van der Waals surface area contributed by atoms with E-state index in [1.54, 1.807) is 0 Å². The third-order valence-electron chi connectivity index (χ3n) is 8.27. The quantitative estimate of drug-likeness (QED) is 0.491. The average Bonchev–Trinajstić information content (AvgIpc) is 2.59. The van der Waals surface area contributed by atoms with E-state index in [1.807, 2.05) is 0 Å². The second-order valence-corrected chi connectivity index (χ2v) is 13.4. The Morgan fingerprint density at radius 1 is 0.786 bits per heavy atom. The summed E-state index contributed by atoms with van der Waals surface area (Å²) in [7, 11) is 0. The smallest absolute Gasteiger partial charge is 0.0750 e. The first kappa shape index (κ1) is 24.2. The van der Waals surface area contributed by atoms with Crippen molar-refractivity contribution in [3.05, 3.63) is 0 Å². The average molecular weight is 394 g/mol. The maximum absolute atomic E-state index is 6.11. The number of rotatable bonds is 5. The fourth-order valence-electron chi connectivity index (χ4n) is 5.40. The summed E-state index contributed by atoms with van der Waals surface area (Å²) in [4.78, 5) is 2.71. The van der Waals surface area contributed by atoms with Crippen LogP contribution in [0.2, 0.25) is 0 Å². The molecule has 3 atom stereocenters. The molecule has 0 radical (unpaired) electrons. The van der Waals surface area contributed by atoms with E-state index < -0.39 is 0 Å². The Balaban J connectivity index is 1.96. The van der Waals surface area contributed by atoms with E-state index in [1.165, 1.54) is 38.5 Å². The van der Waals surface area contributed by atoms with E-state index in [9.17, 15) is 0 Å². The van der Waals surface area contributed by atoms with Crippen LogP contribution in [0, 0.1) is 28.1 Å². The molecule has 0 bridgehead atoms. The van der Waals surface area contributed by atoms with Gasteiger partial charge in [-0.1, -0.05) is 61.8 Å². The molecule has 0 aromatic carbocycles. The summed E-state index contributed by atoms with van der Waals surface area (Å²) in [6, 6.07) is 0. The minimum Gasteiger partial charge on any atom is -0.375 e. The summed E-state index contributed by atoms with van der Waals surface area (Å²) >= 11 is 0. The standard InChI is InChI=1S/C26H51NO/c1-23(2,3)20-12-11-13-21(18-20)25(7,8)14-15-26(9,10)27-16-17-28-22(19-27)24(4,5)6/h20-22H,11-19H2,1-10H3. The third-order valence-corrected chi connectivity index (χ3v) is 8.27. The van der Waals surface area contributed by atoms with Crippen LogP contribution in [-0.4, -0.2) is 36.2 Å². The molecule has 1 aliphatic heterocycles. The first-order valence-corrected chi connectivity index (χ1v) is 12.0. The highest BCUT2D eigenvalue weighted by Crippen LogP contribution is 2.48. The Bertz CT molecular complexity index is 448. The Morgan fingerprint density at radius 3 is 1.96 bits per heavy atom. The molecule has 0 N–H and O–H groups in total. The number of nitrogens with zero attached hydrogens (tertiary/aromatic N) is 1. The van der Waals surface area contributed by atoms with Gasteiger partial charge in [-0.3, -0.25) is 4.90 Å². The van der Waals surface area contributed by atoms with Crippen molar-refractivity contribution in [2.75, 3.05) is 19.7 Å². The molecule has 2 nitrogen and oxygen atoms in total. The second kappa shape index (κ2) is 8.58. The molecule has 2 rings (SSSR count). The summed E-state index contributed by atoms with van der Waals surface area (Å²) in [5, 5.41) is 0. The van der Waals surface area contributed by atoms with Crippen molar-refractivity contribution in [3.63, 3.8) is 0 Å². The lowest BCUT2D eigenvalue weighted by molar-refractivity contribution is -0.106. The lowest BCUT2D eigenvalue weighted by Crippen LogP contribution is -2.55. The molecular weight excluding hydrogens is 342 g/mol. The summed E-state index contributed by atoms with van der Waals surface area (Å²) in [6.07, 6.45) is 8.69. The van der Waals surface area contributed by atoms with Gasteiger partial charge in [-0.25, -0.2) is 0 Å². The van der Waals surface area contributed by atoms with E-state index in [2.05, 4.69) is 74.1 Å². The van der Waals surface area contributed by atoms with Crippen LogP contribution < -0.4 is 0 Å². The van der Waals surface area contributed by atoms with Gasteiger partial charge in [0, 0.05) is 18.6 Å². The van der Waals surface area contributed by atoms with Crippen LogP contribution in [0.5, 0.6) is 0 Å². The van der Waals surface area contributed by atoms with E-state index in [4.69, 9.17) is 4.74 Å². The number of ether oxygens (including phenoxy) is 1. The Hall–Kier alpha value is -0.0800. The monoisotopic (exact) mass is 393 g/mol. The van der Waals surface area contributed by atoms with Crippen molar-refractivity contribution in [2.24, 2.45) is 28.1 Å². The fraction of sp³-hybridized carbons (Fsp3) is 1.00. The molecule has 0 amide bonds. The van der Waals surface area contributed by atoms with Crippen LogP contribution in [0.1, 0.15) is 108 Å². The van der Waals surface area contributed by atoms with Gasteiger partial charge in [-0.05, 0) is 74.0 Å².